The fourth-order valence-electron chi connectivity index (χ4n) is 1.71. The Labute approximate surface area is 108 Å². The lowest BCUT2D eigenvalue weighted by atomic mass is 10.1. The highest BCUT2D eigenvalue weighted by Gasteiger charge is 2.09. The fraction of sp³-hybridized carbons (Fsp3) is 0.385. The molecule has 98 valence electrons. The summed E-state index contributed by atoms with van der Waals surface area (Å²) >= 11 is 0. The molecule has 1 aromatic carbocycles. The zero-order valence-electron chi connectivity index (χ0n) is 11.7. The first-order valence-electron chi connectivity index (χ1n) is 5.80. The number of nitrogens with one attached hydrogen (secondary N) is 1. The average Bonchev–Trinajstić information content (AvgIpc) is 2.35. The molecule has 0 saturated heterocycles. The third-order valence-corrected chi connectivity index (χ3v) is 2.76. The third-order valence-electron chi connectivity index (χ3n) is 2.76. The van der Waals surface area contributed by atoms with Crippen molar-refractivity contribution in [1.82, 2.24) is 10.2 Å². The quantitative estimate of drug-likeness (QED) is 0.582. The van der Waals surface area contributed by atoms with Gasteiger partial charge in [-0.15, -0.1) is 0 Å². The van der Waals surface area contributed by atoms with E-state index in [1.54, 1.807) is 19.0 Å². The molecule has 0 aliphatic carbocycles. The van der Waals surface area contributed by atoms with Crippen LogP contribution < -0.4 is 11.1 Å². The van der Waals surface area contributed by atoms with Gasteiger partial charge in [-0.05, 0) is 25.0 Å². The molecule has 0 unspecified atom stereocenters. The van der Waals surface area contributed by atoms with Gasteiger partial charge in [0.15, 0.2) is 5.96 Å². The molecule has 0 aliphatic heterocycles. The maximum atomic E-state index is 5.99. The average molecular weight is 247 g/mol. The van der Waals surface area contributed by atoms with Crippen LogP contribution >= 0.6 is 0 Å². The molecule has 0 atom stereocenters. The Morgan fingerprint density at radius 3 is 2.28 bits per heavy atom. The molecule has 1 aromatic rings. The summed E-state index contributed by atoms with van der Waals surface area (Å²) in [6.07, 6.45) is 0. The van der Waals surface area contributed by atoms with Crippen LogP contribution in [-0.4, -0.2) is 38.0 Å². The van der Waals surface area contributed by atoms with Crippen LogP contribution in [0.5, 0.6) is 0 Å². The molecule has 5 nitrogen and oxygen atoms in total. The maximum Gasteiger partial charge on any atom is 0.203 e. The largest absolute Gasteiger partial charge is 0.369 e. The van der Waals surface area contributed by atoms with Gasteiger partial charge >= 0.3 is 0 Å². The van der Waals surface area contributed by atoms with Crippen molar-refractivity contribution in [3.8, 4) is 0 Å². The highest BCUT2D eigenvalue weighted by molar-refractivity contribution is 5.98. The number of aliphatic imine (C=N–C) groups is 2. The van der Waals surface area contributed by atoms with Gasteiger partial charge in [0.05, 0.1) is 5.69 Å². The Hall–Kier alpha value is -2.04. The predicted octanol–water partition coefficient (Wildman–Crippen LogP) is 1.39. The van der Waals surface area contributed by atoms with Gasteiger partial charge in [-0.2, -0.15) is 0 Å². The first-order valence-corrected chi connectivity index (χ1v) is 5.80. The van der Waals surface area contributed by atoms with E-state index in [-0.39, 0.29) is 0 Å². The van der Waals surface area contributed by atoms with Gasteiger partial charge in [-0.25, -0.2) is 4.99 Å². The van der Waals surface area contributed by atoms with Gasteiger partial charge in [0.25, 0.3) is 0 Å². The van der Waals surface area contributed by atoms with Gasteiger partial charge in [-0.1, -0.05) is 18.2 Å². The Balaban J connectivity index is 3.10. The van der Waals surface area contributed by atoms with Crippen LogP contribution in [0.1, 0.15) is 11.1 Å². The van der Waals surface area contributed by atoms with Crippen LogP contribution in [0.25, 0.3) is 0 Å². The lowest BCUT2D eigenvalue weighted by Crippen LogP contribution is -2.44. The lowest BCUT2D eigenvalue weighted by Gasteiger charge is -2.19. The SMILES string of the molecule is CN=C(NC)N(C)C(N)=Nc1c(C)cccc1C. The molecule has 0 bridgehead atoms. The summed E-state index contributed by atoms with van der Waals surface area (Å²) in [5, 5.41) is 2.96. The third kappa shape index (κ3) is 3.00. The predicted molar refractivity (Wildman–Crippen MR) is 77.4 cm³/mol. The van der Waals surface area contributed by atoms with Crippen molar-refractivity contribution >= 4 is 17.6 Å². The molecule has 0 spiro atoms. The van der Waals surface area contributed by atoms with Gasteiger partial charge in [-0.3, -0.25) is 9.89 Å². The fourth-order valence-corrected chi connectivity index (χ4v) is 1.71. The van der Waals surface area contributed by atoms with E-state index < -0.39 is 0 Å². The number of para-hydroxylation sites is 1. The van der Waals surface area contributed by atoms with Gasteiger partial charge in [0.1, 0.15) is 0 Å². The summed E-state index contributed by atoms with van der Waals surface area (Å²) in [6.45, 7) is 4.04. The minimum absolute atomic E-state index is 0.405. The highest BCUT2D eigenvalue weighted by atomic mass is 15.3. The molecule has 0 fully saturated rings. The minimum atomic E-state index is 0.405. The molecular formula is C13H21N5. The Morgan fingerprint density at radius 2 is 1.83 bits per heavy atom. The normalized spacial score (nSPS) is 12.5. The van der Waals surface area contributed by atoms with E-state index in [9.17, 15) is 0 Å². The van der Waals surface area contributed by atoms with E-state index in [2.05, 4.69) is 15.3 Å². The topological polar surface area (TPSA) is 66.0 Å². The molecule has 3 N–H and O–H groups in total. The molecule has 0 aromatic heterocycles. The van der Waals surface area contributed by atoms with Crippen molar-refractivity contribution in [2.75, 3.05) is 21.1 Å². The van der Waals surface area contributed by atoms with Gasteiger partial charge in [0.2, 0.25) is 5.96 Å². The van der Waals surface area contributed by atoms with Crippen LogP contribution in [0.2, 0.25) is 0 Å². The summed E-state index contributed by atoms with van der Waals surface area (Å²) in [5.41, 5.74) is 9.11. The van der Waals surface area contributed by atoms with Crippen molar-refractivity contribution in [3.63, 3.8) is 0 Å². The number of nitrogens with zero attached hydrogens (tertiary/aromatic N) is 3. The van der Waals surface area contributed by atoms with E-state index in [0.717, 1.165) is 16.8 Å². The molecule has 0 amide bonds. The van der Waals surface area contributed by atoms with Crippen molar-refractivity contribution in [1.29, 1.82) is 0 Å². The van der Waals surface area contributed by atoms with E-state index in [1.807, 2.05) is 39.1 Å². The van der Waals surface area contributed by atoms with Crippen molar-refractivity contribution in [2.24, 2.45) is 15.7 Å². The summed E-state index contributed by atoms with van der Waals surface area (Å²) in [7, 11) is 5.32. The van der Waals surface area contributed by atoms with Crippen molar-refractivity contribution in [3.05, 3.63) is 29.3 Å². The van der Waals surface area contributed by atoms with E-state index in [0.29, 0.717) is 11.9 Å². The second kappa shape index (κ2) is 6.05. The van der Waals surface area contributed by atoms with E-state index in [4.69, 9.17) is 5.73 Å². The van der Waals surface area contributed by atoms with Crippen molar-refractivity contribution in [2.45, 2.75) is 13.8 Å². The standard InChI is InChI=1S/C13H21N5/c1-9-7-6-8-10(2)11(9)17-12(14)18(5)13(15-3)16-4/h6-8H,1-5H3,(H2,14,17)(H,15,16). The summed E-state index contributed by atoms with van der Waals surface area (Å²) < 4.78 is 0. The molecule has 18 heavy (non-hydrogen) atoms. The Morgan fingerprint density at radius 1 is 1.28 bits per heavy atom. The zero-order valence-corrected chi connectivity index (χ0v) is 11.7. The van der Waals surface area contributed by atoms with Crippen LogP contribution in [0.3, 0.4) is 0 Å². The maximum absolute atomic E-state index is 5.99. The lowest BCUT2D eigenvalue weighted by molar-refractivity contribution is 0.702. The Kier molecular flexibility index (Phi) is 4.71. The molecule has 0 aliphatic rings. The van der Waals surface area contributed by atoms with Crippen LogP contribution in [-0.2, 0) is 0 Å². The summed E-state index contributed by atoms with van der Waals surface area (Å²) in [5.74, 6) is 1.07. The number of aryl methyl sites for hydroxylation is 2. The number of rotatable bonds is 1. The van der Waals surface area contributed by atoms with Crippen LogP contribution in [0, 0.1) is 13.8 Å². The number of nitrogens with two attached hydrogens (primary N) is 1. The molecule has 0 saturated carbocycles. The second-order valence-corrected chi connectivity index (χ2v) is 4.07. The number of guanidine groups is 2. The van der Waals surface area contributed by atoms with E-state index in [1.165, 1.54) is 0 Å². The molecular weight excluding hydrogens is 226 g/mol. The molecule has 1 rings (SSSR count). The first kappa shape index (κ1) is 14.0. The highest BCUT2D eigenvalue weighted by Crippen LogP contribution is 2.22. The first-order chi connectivity index (χ1) is 8.51. The molecule has 0 heterocycles. The summed E-state index contributed by atoms with van der Waals surface area (Å²) in [4.78, 5) is 10.3. The second-order valence-electron chi connectivity index (χ2n) is 4.07. The van der Waals surface area contributed by atoms with E-state index >= 15 is 0 Å². The van der Waals surface area contributed by atoms with Crippen LogP contribution in [0.15, 0.2) is 28.2 Å². The summed E-state index contributed by atoms with van der Waals surface area (Å²) in [6, 6.07) is 6.05. The number of hydrogen-bond acceptors (Lipinski definition) is 2. The smallest absolute Gasteiger partial charge is 0.203 e. The molecule has 0 radical (unpaired) electrons. The monoisotopic (exact) mass is 247 g/mol. The van der Waals surface area contributed by atoms with Crippen LogP contribution in [0.4, 0.5) is 5.69 Å². The zero-order chi connectivity index (χ0) is 13.7. The number of benzene rings is 1. The Bertz CT molecular complexity index is 456. The van der Waals surface area contributed by atoms with Gasteiger partial charge < -0.3 is 11.1 Å². The molecule has 5 heteroatoms. The van der Waals surface area contributed by atoms with Gasteiger partial charge in [0, 0.05) is 21.1 Å². The number of hydrogen-bond donors (Lipinski definition) is 2. The minimum Gasteiger partial charge on any atom is -0.369 e. The van der Waals surface area contributed by atoms with Crippen molar-refractivity contribution < 1.29 is 0 Å².